The summed E-state index contributed by atoms with van der Waals surface area (Å²) in [5.74, 6) is -0.247. The van der Waals surface area contributed by atoms with Crippen LogP contribution in [-0.4, -0.2) is 24.3 Å². The number of carbonyl (C=O) groups excluding carboxylic acids is 1. The minimum absolute atomic E-state index is 0.203. The second kappa shape index (κ2) is 8.92. The summed E-state index contributed by atoms with van der Waals surface area (Å²) in [5, 5.41) is 0. The molecule has 1 atom stereocenters. The Hall–Kier alpha value is -3.52. The van der Waals surface area contributed by atoms with E-state index in [1.165, 1.54) is 28.0 Å². The summed E-state index contributed by atoms with van der Waals surface area (Å²) in [7, 11) is 1.57. The summed E-state index contributed by atoms with van der Waals surface area (Å²) in [6, 6.07) is 12.5. The van der Waals surface area contributed by atoms with Crippen LogP contribution in [0.1, 0.15) is 31.0 Å². The minimum atomic E-state index is -0.703. The Morgan fingerprint density at radius 2 is 2.00 bits per heavy atom. The molecule has 1 aliphatic heterocycles. The third-order valence-corrected chi connectivity index (χ3v) is 6.08. The van der Waals surface area contributed by atoms with Gasteiger partial charge < -0.3 is 9.47 Å². The quantitative estimate of drug-likeness (QED) is 0.558. The SMILES string of the molecule is CCOC(=O)C1=C(C)N=c2s/c(=C/c3cccc(F)c3)c(=O)n2[C@H]1c1ccc(OC)cc1. The van der Waals surface area contributed by atoms with Crippen molar-refractivity contribution in [1.82, 2.24) is 4.57 Å². The number of halogens is 1. The lowest BCUT2D eigenvalue weighted by Crippen LogP contribution is -2.39. The van der Waals surface area contributed by atoms with E-state index < -0.39 is 12.0 Å². The molecular formula is C24H21FN2O4S. The molecule has 2 aromatic carbocycles. The third-order valence-electron chi connectivity index (χ3n) is 5.10. The maximum atomic E-state index is 13.6. The Balaban J connectivity index is 1.94. The molecule has 0 saturated heterocycles. The van der Waals surface area contributed by atoms with Gasteiger partial charge in [0.15, 0.2) is 4.80 Å². The van der Waals surface area contributed by atoms with Crippen molar-refractivity contribution in [2.45, 2.75) is 19.9 Å². The topological polar surface area (TPSA) is 69.9 Å². The molecule has 0 unspecified atom stereocenters. The van der Waals surface area contributed by atoms with E-state index in [2.05, 4.69) is 4.99 Å². The largest absolute Gasteiger partial charge is 0.497 e. The number of benzene rings is 2. The van der Waals surface area contributed by atoms with Crippen molar-refractivity contribution in [1.29, 1.82) is 0 Å². The highest BCUT2D eigenvalue weighted by molar-refractivity contribution is 7.07. The molecule has 0 fully saturated rings. The molecule has 4 rings (SSSR count). The molecule has 1 aromatic heterocycles. The lowest BCUT2D eigenvalue weighted by molar-refractivity contribution is -0.139. The first kappa shape index (κ1) is 21.7. The highest BCUT2D eigenvalue weighted by Crippen LogP contribution is 2.31. The average Bonchev–Trinajstić information content (AvgIpc) is 3.07. The van der Waals surface area contributed by atoms with Gasteiger partial charge in [0.25, 0.3) is 5.56 Å². The minimum Gasteiger partial charge on any atom is -0.497 e. The van der Waals surface area contributed by atoms with E-state index in [0.717, 1.165) is 5.56 Å². The van der Waals surface area contributed by atoms with Crippen molar-refractivity contribution in [3.63, 3.8) is 0 Å². The Labute approximate surface area is 187 Å². The number of hydrogen-bond donors (Lipinski definition) is 0. The van der Waals surface area contributed by atoms with Crippen molar-refractivity contribution >= 4 is 23.4 Å². The summed E-state index contributed by atoms with van der Waals surface area (Å²) >= 11 is 1.19. The molecule has 0 bridgehead atoms. The Morgan fingerprint density at radius 3 is 2.66 bits per heavy atom. The zero-order valence-corrected chi connectivity index (χ0v) is 18.6. The fraction of sp³-hybridized carbons (Fsp3) is 0.208. The van der Waals surface area contributed by atoms with Gasteiger partial charge in [-0.15, -0.1) is 0 Å². The molecular weight excluding hydrogens is 431 g/mol. The van der Waals surface area contributed by atoms with Gasteiger partial charge in [0, 0.05) is 0 Å². The monoisotopic (exact) mass is 452 g/mol. The molecule has 6 nitrogen and oxygen atoms in total. The Morgan fingerprint density at radius 1 is 1.25 bits per heavy atom. The van der Waals surface area contributed by atoms with Crippen LogP contribution in [0.5, 0.6) is 5.75 Å². The van der Waals surface area contributed by atoms with E-state index in [0.29, 0.717) is 31.9 Å². The zero-order chi connectivity index (χ0) is 22.8. The van der Waals surface area contributed by atoms with Crippen LogP contribution in [0, 0.1) is 5.82 Å². The standard InChI is InChI=1S/C24H21FN2O4S/c1-4-31-23(29)20-14(2)26-24-27(21(20)16-8-10-18(30-3)11-9-16)22(28)19(32-24)13-15-6-5-7-17(25)12-15/h5-13,21H,4H2,1-3H3/b19-13+/t21-/m0/s1. The van der Waals surface area contributed by atoms with E-state index in [1.807, 2.05) is 12.1 Å². The first-order chi connectivity index (χ1) is 15.4. The molecule has 3 aromatic rings. The number of allylic oxidation sites excluding steroid dienone is 1. The number of rotatable bonds is 5. The van der Waals surface area contributed by atoms with Gasteiger partial charge in [-0.1, -0.05) is 35.6 Å². The number of ether oxygens (including phenoxy) is 2. The summed E-state index contributed by atoms with van der Waals surface area (Å²) in [5.41, 5.74) is 1.77. The smallest absolute Gasteiger partial charge is 0.338 e. The van der Waals surface area contributed by atoms with Crippen molar-refractivity contribution in [3.8, 4) is 5.75 Å². The molecule has 164 valence electrons. The predicted octanol–water partition coefficient (Wildman–Crippen LogP) is 2.95. The Kier molecular flexibility index (Phi) is 6.05. The van der Waals surface area contributed by atoms with Crippen LogP contribution in [0.2, 0.25) is 0 Å². The van der Waals surface area contributed by atoms with Crippen molar-refractivity contribution < 1.29 is 18.7 Å². The molecule has 0 spiro atoms. The van der Waals surface area contributed by atoms with Crippen LogP contribution < -0.4 is 19.6 Å². The van der Waals surface area contributed by atoms with E-state index in [4.69, 9.17) is 9.47 Å². The average molecular weight is 453 g/mol. The van der Waals surface area contributed by atoms with Gasteiger partial charge in [0.1, 0.15) is 11.6 Å². The van der Waals surface area contributed by atoms with Gasteiger partial charge in [-0.05, 0) is 55.3 Å². The lowest BCUT2D eigenvalue weighted by Gasteiger charge is -2.24. The second-order valence-electron chi connectivity index (χ2n) is 7.13. The molecule has 32 heavy (non-hydrogen) atoms. The molecule has 0 N–H and O–H groups in total. The zero-order valence-electron chi connectivity index (χ0n) is 17.8. The molecule has 0 saturated carbocycles. The lowest BCUT2D eigenvalue weighted by atomic mass is 9.96. The van der Waals surface area contributed by atoms with Crippen LogP contribution >= 0.6 is 11.3 Å². The van der Waals surface area contributed by atoms with Gasteiger partial charge in [-0.3, -0.25) is 9.36 Å². The van der Waals surface area contributed by atoms with Gasteiger partial charge in [0.2, 0.25) is 0 Å². The van der Waals surface area contributed by atoms with Crippen LogP contribution in [0.4, 0.5) is 4.39 Å². The molecule has 0 aliphatic carbocycles. The highest BCUT2D eigenvalue weighted by atomic mass is 32.1. The first-order valence-corrected chi connectivity index (χ1v) is 10.8. The number of hydrogen-bond acceptors (Lipinski definition) is 6. The van der Waals surface area contributed by atoms with Crippen LogP contribution in [0.15, 0.2) is 69.6 Å². The second-order valence-corrected chi connectivity index (χ2v) is 8.14. The van der Waals surface area contributed by atoms with Crippen LogP contribution in [0.3, 0.4) is 0 Å². The number of nitrogens with zero attached hydrogens (tertiary/aromatic N) is 2. The maximum absolute atomic E-state index is 13.6. The van der Waals surface area contributed by atoms with E-state index in [9.17, 15) is 14.0 Å². The Bertz CT molecular complexity index is 1390. The van der Waals surface area contributed by atoms with E-state index in [1.54, 1.807) is 51.3 Å². The fourth-order valence-corrected chi connectivity index (χ4v) is 4.69. The summed E-state index contributed by atoms with van der Waals surface area (Å²) < 4.78 is 26.0. The van der Waals surface area contributed by atoms with Gasteiger partial charge >= 0.3 is 5.97 Å². The first-order valence-electron chi connectivity index (χ1n) is 10.0. The van der Waals surface area contributed by atoms with Crippen LogP contribution in [-0.2, 0) is 9.53 Å². The number of esters is 1. The van der Waals surface area contributed by atoms with Crippen LogP contribution in [0.25, 0.3) is 6.08 Å². The number of methoxy groups -OCH3 is 1. The number of aromatic nitrogens is 1. The fourth-order valence-electron chi connectivity index (χ4n) is 3.64. The molecule has 2 heterocycles. The summed E-state index contributed by atoms with van der Waals surface area (Å²) in [4.78, 5) is 31.3. The molecule has 8 heteroatoms. The van der Waals surface area contributed by atoms with Gasteiger partial charge in [-0.25, -0.2) is 14.2 Å². The molecule has 1 aliphatic rings. The predicted molar refractivity (Wildman–Crippen MR) is 120 cm³/mol. The molecule has 0 radical (unpaired) electrons. The summed E-state index contributed by atoms with van der Waals surface area (Å²) in [6.45, 7) is 3.66. The number of carbonyl (C=O) groups is 1. The van der Waals surface area contributed by atoms with Crippen molar-refractivity contribution in [2.24, 2.45) is 4.99 Å². The summed E-state index contributed by atoms with van der Waals surface area (Å²) in [6.07, 6.45) is 1.63. The number of fused-ring (bicyclic) bond motifs is 1. The van der Waals surface area contributed by atoms with E-state index >= 15 is 0 Å². The van der Waals surface area contributed by atoms with Gasteiger partial charge in [0.05, 0.1) is 35.6 Å². The van der Waals surface area contributed by atoms with Crippen molar-refractivity contribution in [2.75, 3.05) is 13.7 Å². The van der Waals surface area contributed by atoms with E-state index in [-0.39, 0.29) is 18.0 Å². The normalized spacial score (nSPS) is 15.9. The van der Waals surface area contributed by atoms with Crippen molar-refractivity contribution in [3.05, 3.63) is 96.4 Å². The third kappa shape index (κ3) is 4.01. The van der Waals surface area contributed by atoms with Gasteiger partial charge in [-0.2, -0.15) is 0 Å². The maximum Gasteiger partial charge on any atom is 0.338 e. The molecule has 0 amide bonds. The highest BCUT2D eigenvalue weighted by Gasteiger charge is 2.33. The number of thiazole rings is 1.